The van der Waals surface area contributed by atoms with Crippen molar-refractivity contribution in [1.82, 2.24) is 19.9 Å². The third-order valence-corrected chi connectivity index (χ3v) is 8.13. The first-order valence-electron chi connectivity index (χ1n) is 15.4. The highest BCUT2D eigenvalue weighted by Gasteiger charge is 2.30. The van der Waals surface area contributed by atoms with Crippen molar-refractivity contribution >= 4 is 28.9 Å². The maximum Gasteiger partial charge on any atom is 0.407 e. The van der Waals surface area contributed by atoms with E-state index < -0.39 is 5.60 Å². The predicted molar refractivity (Wildman–Crippen MR) is 169 cm³/mol. The Kier molecular flexibility index (Phi) is 8.15. The number of amides is 1. The molecule has 0 atom stereocenters. The number of ether oxygens (including phenoxy) is 2. The van der Waals surface area contributed by atoms with Crippen LogP contribution < -0.4 is 20.3 Å². The number of benzene rings is 2. The highest BCUT2D eigenvalue weighted by atomic mass is 16.6. The molecule has 2 heterocycles. The van der Waals surface area contributed by atoms with Gasteiger partial charge in [-0.15, -0.1) is 5.10 Å². The number of alkyl carbamates (subject to hydrolysis) is 1. The number of aromatic nitrogens is 3. The summed E-state index contributed by atoms with van der Waals surface area (Å²) < 4.78 is 12.9. The molecule has 0 bridgehead atoms. The van der Waals surface area contributed by atoms with E-state index in [4.69, 9.17) is 19.6 Å². The van der Waals surface area contributed by atoms with E-state index in [2.05, 4.69) is 62.5 Å². The Morgan fingerprint density at radius 1 is 0.977 bits per heavy atom. The van der Waals surface area contributed by atoms with Gasteiger partial charge in [0.15, 0.2) is 5.65 Å². The Bertz CT molecular complexity index is 1530. The van der Waals surface area contributed by atoms with E-state index in [0.29, 0.717) is 12.5 Å². The lowest BCUT2D eigenvalue weighted by molar-refractivity contribution is 0.0492. The highest BCUT2D eigenvalue weighted by molar-refractivity contribution is 5.78. The van der Waals surface area contributed by atoms with Gasteiger partial charge in [-0.1, -0.05) is 30.3 Å². The van der Waals surface area contributed by atoms with Crippen molar-refractivity contribution in [2.75, 3.05) is 17.3 Å². The lowest BCUT2D eigenvalue weighted by atomic mass is 9.91. The number of hydrogen-bond acceptors (Lipinski definition) is 7. The molecule has 0 saturated heterocycles. The fraction of sp³-hybridized carbons (Fsp3) is 0.441. The van der Waals surface area contributed by atoms with Crippen LogP contribution in [0.4, 0.5) is 22.0 Å². The summed E-state index contributed by atoms with van der Waals surface area (Å²) in [7, 11) is 1.69. The van der Waals surface area contributed by atoms with Crippen molar-refractivity contribution in [3.8, 4) is 5.75 Å². The molecular formula is C34H42N6O3. The van der Waals surface area contributed by atoms with E-state index in [-0.39, 0.29) is 18.2 Å². The number of anilines is 3. The van der Waals surface area contributed by atoms with Gasteiger partial charge in [0.05, 0.1) is 24.7 Å². The van der Waals surface area contributed by atoms with E-state index >= 15 is 0 Å². The number of para-hydroxylation sites is 1. The van der Waals surface area contributed by atoms with Gasteiger partial charge in [0.1, 0.15) is 17.2 Å². The maximum absolute atomic E-state index is 12.3. The Labute approximate surface area is 253 Å². The minimum Gasteiger partial charge on any atom is -0.497 e. The molecule has 9 heteroatoms. The summed E-state index contributed by atoms with van der Waals surface area (Å²) in [5.74, 6) is 2.18. The second-order valence-corrected chi connectivity index (χ2v) is 12.7. The normalized spacial score (nSPS) is 18.7. The molecule has 6 rings (SSSR count). The number of carbonyl (C=O) groups excluding carboxylic acids is 1. The monoisotopic (exact) mass is 582 g/mol. The topological polar surface area (TPSA) is 93.0 Å². The van der Waals surface area contributed by atoms with Gasteiger partial charge in [0, 0.05) is 36.3 Å². The molecule has 226 valence electrons. The Hall–Kier alpha value is -4.27. The molecule has 9 nitrogen and oxygen atoms in total. The summed E-state index contributed by atoms with van der Waals surface area (Å²) in [6, 6.07) is 21.2. The molecule has 2 N–H and O–H groups in total. The number of fused-ring (bicyclic) bond motifs is 1. The summed E-state index contributed by atoms with van der Waals surface area (Å²) in [6.45, 7) is 6.32. The van der Waals surface area contributed by atoms with E-state index in [0.717, 1.165) is 54.3 Å². The van der Waals surface area contributed by atoms with Gasteiger partial charge in [-0.3, -0.25) is 0 Å². The van der Waals surface area contributed by atoms with E-state index in [1.165, 1.54) is 24.1 Å². The predicted octanol–water partition coefficient (Wildman–Crippen LogP) is 7.20. The molecular weight excluding hydrogens is 540 g/mol. The third-order valence-electron chi connectivity index (χ3n) is 8.13. The van der Waals surface area contributed by atoms with Gasteiger partial charge in [-0.25, -0.2) is 14.3 Å². The second-order valence-electron chi connectivity index (χ2n) is 12.7. The zero-order valence-corrected chi connectivity index (χ0v) is 25.5. The first-order chi connectivity index (χ1) is 20.8. The molecule has 0 radical (unpaired) electrons. The van der Waals surface area contributed by atoms with E-state index in [1.807, 2.05) is 45.2 Å². The molecule has 2 saturated carbocycles. The van der Waals surface area contributed by atoms with Crippen molar-refractivity contribution in [2.45, 2.75) is 89.4 Å². The summed E-state index contributed by atoms with van der Waals surface area (Å²) in [5.41, 5.74) is 4.78. The summed E-state index contributed by atoms with van der Waals surface area (Å²) in [4.78, 5) is 19.5. The van der Waals surface area contributed by atoms with Crippen LogP contribution in [-0.2, 0) is 11.3 Å². The lowest BCUT2D eigenvalue weighted by Gasteiger charge is -2.31. The molecule has 0 spiro atoms. The molecule has 2 aliphatic rings. The molecule has 0 unspecified atom stereocenters. The third kappa shape index (κ3) is 7.04. The van der Waals surface area contributed by atoms with Crippen molar-refractivity contribution < 1.29 is 14.3 Å². The number of hydrogen-bond donors (Lipinski definition) is 2. The quantitative estimate of drug-likeness (QED) is 0.216. The minimum absolute atomic E-state index is 0.118. The molecule has 0 aliphatic heterocycles. The maximum atomic E-state index is 12.3. The standard InChI is InChI=1S/C34H42N6O3/c1-34(2,3)43-33(41)37-26-16-14-25(15-17-26)36-31-20-29(32-35-21-30(24-12-13-24)40(32)38-31)39(27-8-6-5-7-9-27)22-23-10-18-28(42-4)19-11-23/h5-11,18-21,24-26H,12-17,22H2,1-4H3,(H,36,38)(H,37,41). The minimum atomic E-state index is -0.501. The van der Waals surface area contributed by atoms with Crippen LogP contribution in [0.3, 0.4) is 0 Å². The lowest BCUT2D eigenvalue weighted by Crippen LogP contribution is -2.42. The SMILES string of the molecule is COc1ccc(CN(c2ccccc2)c2cc(NC3CCC(NC(=O)OC(C)(C)C)CC3)nn3c(C4CC4)cnc23)cc1. The zero-order chi connectivity index (χ0) is 30.0. The van der Waals surface area contributed by atoms with Crippen molar-refractivity contribution in [3.05, 3.63) is 78.1 Å². The molecule has 2 fully saturated rings. The number of imidazole rings is 1. The van der Waals surface area contributed by atoms with Crippen molar-refractivity contribution in [3.63, 3.8) is 0 Å². The number of nitrogens with zero attached hydrogens (tertiary/aromatic N) is 4. The Morgan fingerprint density at radius 2 is 1.67 bits per heavy atom. The number of rotatable bonds is 9. The van der Waals surface area contributed by atoms with E-state index in [9.17, 15) is 4.79 Å². The molecule has 2 aromatic carbocycles. The Morgan fingerprint density at radius 3 is 2.33 bits per heavy atom. The first-order valence-corrected chi connectivity index (χ1v) is 15.4. The average molecular weight is 583 g/mol. The van der Waals surface area contributed by atoms with Crippen LogP contribution in [0, 0.1) is 0 Å². The van der Waals surface area contributed by atoms with Gasteiger partial charge < -0.3 is 25.0 Å². The number of methoxy groups -OCH3 is 1. The van der Waals surface area contributed by atoms with Crippen LogP contribution in [-0.4, -0.2) is 45.5 Å². The van der Waals surface area contributed by atoms with Crippen LogP contribution >= 0.6 is 0 Å². The van der Waals surface area contributed by atoms with Crippen LogP contribution in [0.15, 0.2) is 66.9 Å². The van der Waals surface area contributed by atoms with Gasteiger partial charge in [-0.2, -0.15) is 0 Å². The first kappa shape index (κ1) is 28.8. The molecule has 2 aromatic heterocycles. The zero-order valence-electron chi connectivity index (χ0n) is 25.5. The largest absolute Gasteiger partial charge is 0.497 e. The fourth-order valence-electron chi connectivity index (χ4n) is 5.80. The van der Waals surface area contributed by atoms with Gasteiger partial charge >= 0.3 is 6.09 Å². The fourth-order valence-corrected chi connectivity index (χ4v) is 5.80. The van der Waals surface area contributed by atoms with Gasteiger partial charge in [-0.05, 0) is 89.1 Å². The summed E-state index contributed by atoms with van der Waals surface area (Å²) in [5, 5.41) is 11.9. The summed E-state index contributed by atoms with van der Waals surface area (Å²) in [6.07, 6.45) is 7.64. The molecule has 2 aliphatic carbocycles. The molecule has 43 heavy (non-hydrogen) atoms. The Balaban J connectivity index is 1.27. The highest BCUT2D eigenvalue weighted by Crippen LogP contribution is 2.42. The van der Waals surface area contributed by atoms with Gasteiger partial charge in [0.25, 0.3) is 0 Å². The number of nitrogens with one attached hydrogen (secondary N) is 2. The summed E-state index contributed by atoms with van der Waals surface area (Å²) >= 11 is 0. The molecule has 4 aromatic rings. The smallest absolute Gasteiger partial charge is 0.407 e. The average Bonchev–Trinajstić information content (AvgIpc) is 3.75. The molecule has 1 amide bonds. The van der Waals surface area contributed by atoms with Crippen molar-refractivity contribution in [2.24, 2.45) is 0 Å². The van der Waals surface area contributed by atoms with Gasteiger partial charge in [0.2, 0.25) is 0 Å². The van der Waals surface area contributed by atoms with E-state index in [1.54, 1.807) is 7.11 Å². The second kappa shape index (κ2) is 12.1. The van der Waals surface area contributed by atoms with Crippen LogP contribution in [0.1, 0.15) is 76.5 Å². The van der Waals surface area contributed by atoms with Crippen LogP contribution in [0.5, 0.6) is 5.75 Å². The van der Waals surface area contributed by atoms with Crippen LogP contribution in [0.25, 0.3) is 5.65 Å². The van der Waals surface area contributed by atoms with Crippen molar-refractivity contribution in [1.29, 1.82) is 0 Å². The number of carbonyl (C=O) groups is 1. The van der Waals surface area contributed by atoms with Crippen LogP contribution in [0.2, 0.25) is 0 Å².